The SMILES string of the molecule is CN(C)Cc1ccccc1CCN1CCNCC1. The van der Waals surface area contributed by atoms with Crippen LogP contribution in [-0.2, 0) is 13.0 Å². The number of piperazine rings is 1. The normalized spacial score (nSPS) is 17.3. The first-order valence-corrected chi connectivity index (χ1v) is 6.90. The molecule has 0 aliphatic carbocycles. The summed E-state index contributed by atoms with van der Waals surface area (Å²) in [7, 11) is 4.26. The van der Waals surface area contributed by atoms with Crippen LogP contribution in [0.2, 0.25) is 0 Å². The maximum absolute atomic E-state index is 3.40. The number of benzene rings is 1. The van der Waals surface area contributed by atoms with Gasteiger partial charge in [0.15, 0.2) is 0 Å². The lowest BCUT2D eigenvalue weighted by molar-refractivity contribution is 0.243. The molecule has 0 bridgehead atoms. The van der Waals surface area contributed by atoms with E-state index in [1.807, 2.05) is 0 Å². The van der Waals surface area contributed by atoms with Crippen LogP contribution >= 0.6 is 0 Å². The average Bonchev–Trinajstić information content (AvgIpc) is 2.38. The van der Waals surface area contributed by atoms with E-state index in [9.17, 15) is 0 Å². The first-order valence-electron chi connectivity index (χ1n) is 6.90. The monoisotopic (exact) mass is 247 g/mol. The number of rotatable bonds is 5. The number of hydrogen-bond donors (Lipinski definition) is 1. The highest BCUT2D eigenvalue weighted by molar-refractivity contribution is 5.27. The fourth-order valence-electron chi connectivity index (χ4n) is 2.51. The van der Waals surface area contributed by atoms with Crippen molar-refractivity contribution in [3.05, 3.63) is 35.4 Å². The van der Waals surface area contributed by atoms with Crippen LogP contribution in [0.4, 0.5) is 0 Å². The van der Waals surface area contributed by atoms with Crippen LogP contribution in [0.5, 0.6) is 0 Å². The lowest BCUT2D eigenvalue weighted by Gasteiger charge is -2.27. The molecule has 1 fully saturated rings. The Morgan fingerprint density at radius 3 is 2.44 bits per heavy atom. The largest absolute Gasteiger partial charge is 0.314 e. The molecule has 3 nitrogen and oxygen atoms in total. The van der Waals surface area contributed by atoms with Crippen molar-refractivity contribution in [1.29, 1.82) is 0 Å². The smallest absolute Gasteiger partial charge is 0.0230 e. The van der Waals surface area contributed by atoms with E-state index in [0.29, 0.717) is 0 Å². The topological polar surface area (TPSA) is 18.5 Å². The molecule has 1 aromatic rings. The van der Waals surface area contributed by atoms with Gasteiger partial charge in [-0.25, -0.2) is 0 Å². The third-order valence-corrected chi connectivity index (χ3v) is 3.51. The van der Waals surface area contributed by atoms with E-state index in [-0.39, 0.29) is 0 Å². The van der Waals surface area contributed by atoms with Gasteiger partial charge in [-0.15, -0.1) is 0 Å². The molecule has 0 amide bonds. The molecule has 3 heteroatoms. The van der Waals surface area contributed by atoms with Crippen LogP contribution in [0.15, 0.2) is 24.3 Å². The van der Waals surface area contributed by atoms with Crippen molar-refractivity contribution < 1.29 is 0 Å². The van der Waals surface area contributed by atoms with Crippen molar-refractivity contribution in [3.63, 3.8) is 0 Å². The first kappa shape index (κ1) is 13.5. The zero-order chi connectivity index (χ0) is 12.8. The van der Waals surface area contributed by atoms with Crippen LogP contribution < -0.4 is 5.32 Å². The summed E-state index contributed by atoms with van der Waals surface area (Å²) < 4.78 is 0. The molecule has 0 spiro atoms. The molecule has 1 heterocycles. The average molecular weight is 247 g/mol. The Balaban J connectivity index is 1.91. The van der Waals surface area contributed by atoms with E-state index in [1.54, 1.807) is 0 Å². The number of nitrogens with one attached hydrogen (secondary N) is 1. The molecular weight excluding hydrogens is 222 g/mol. The zero-order valence-corrected chi connectivity index (χ0v) is 11.7. The molecule has 0 aromatic heterocycles. The summed E-state index contributed by atoms with van der Waals surface area (Å²) in [5.41, 5.74) is 2.97. The molecule has 18 heavy (non-hydrogen) atoms. The summed E-state index contributed by atoms with van der Waals surface area (Å²) >= 11 is 0. The molecule has 1 saturated heterocycles. The molecule has 0 radical (unpaired) electrons. The van der Waals surface area contributed by atoms with Crippen LogP contribution in [0, 0.1) is 0 Å². The summed E-state index contributed by atoms with van der Waals surface area (Å²) in [5.74, 6) is 0. The fourth-order valence-corrected chi connectivity index (χ4v) is 2.51. The first-order chi connectivity index (χ1) is 8.75. The van der Waals surface area contributed by atoms with Crippen LogP contribution in [0.1, 0.15) is 11.1 Å². The van der Waals surface area contributed by atoms with Gasteiger partial charge in [-0.3, -0.25) is 0 Å². The summed E-state index contributed by atoms with van der Waals surface area (Å²) in [4.78, 5) is 4.80. The maximum Gasteiger partial charge on any atom is 0.0230 e. The van der Waals surface area contributed by atoms with Crippen molar-refractivity contribution in [1.82, 2.24) is 15.1 Å². The number of hydrogen-bond acceptors (Lipinski definition) is 3. The highest BCUT2D eigenvalue weighted by Crippen LogP contribution is 2.12. The Bertz CT molecular complexity index is 357. The standard InChI is InChI=1S/C15H25N3/c1-17(2)13-15-6-4-3-5-14(15)7-10-18-11-8-16-9-12-18/h3-6,16H,7-13H2,1-2H3. The highest BCUT2D eigenvalue weighted by Gasteiger charge is 2.10. The molecule has 0 unspecified atom stereocenters. The zero-order valence-electron chi connectivity index (χ0n) is 11.7. The van der Waals surface area contributed by atoms with E-state index < -0.39 is 0 Å². The second-order valence-electron chi connectivity index (χ2n) is 5.35. The van der Waals surface area contributed by atoms with E-state index in [4.69, 9.17) is 0 Å². The molecule has 1 N–H and O–H groups in total. The van der Waals surface area contributed by atoms with Gasteiger partial charge >= 0.3 is 0 Å². The third-order valence-electron chi connectivity index (χ3n) is 3.51. The van der Waals surface area contributed by atoms with Gasteiger partial charge in [0.05, 0.1) is 0 Å². The van der Waals surface area contributed by atoms with Crippen LogP contribution in [-0.4, -0.2) is 56.6 Å². The van der Waals surface area contributed by atoms with E-state index >= 15 is 0 Å². The van der Waals surface area contributed by atoms with Gasteiger partial charge in [-0.1, -0.05) is 24.3 Å². The minimum absolute atomic E-state index is 1.04. The molecule has 1 aliphatic heterocycles. The van der Waals surface area contributed by atoms with Gasteiger partial charge in [-0.05, 0) is 31.6 Å². The third kappa shape index (κ3) is 4.09. The second kappa shape index (κ2) is 6.88. The summed E-state index contributed by atoms with van der Waals surface area (Å²) in [6.07, 6.45) is 1.17. The minimum Gasteiger partial charge on any atom is -0.314 e. The van der Waals surface area contributed by atoms with Gasteiger partial charge in [-0.2, -0.15) is 0 Å². The molecule has 1 aliphatic rings. The van der Waals surface area contributed by atoms with Gasteiger partial charge in [0.1, 0.15) is 0 Å². The molecular formula is C15H25N3. The highest BCUT2D eigenvalue weighted by atomic mass is 15.2. The van der Waals surface area contributed by atoms with Crippen LogP contribution in [0.25, 0.3) is 0 Å². The lowest BCUT2D eigenvalue weighted by atomic mass is 10.0. The van der Waals surface area contributed by atoms with Crippen molar-refractivity contribution in [2.24, 2.45) is 0 Å². The van der Waals surface area contributed by atoms with Gasteiger partial charge in [0, 0.05) is 39.3 Å². The summed E-state index contributed by atoms with van der Waals surface area (Å²) in [6.45, 7) is 6.88. The van der Waals surface area contributed by atoms with Crippen molar-refractivity contribution in [3.8, 4) is 0 Å². The Morgan fingerprint density at radius 1 is 1.11 bits per heavy atom. The van der Waals surface area contributed by atoms with Crippen molar-refractivity contribution in [2.45, 2.75) is 13.0 Å². The Hall–Kier alpha value is -0.900. The maximum atomic E-state index is 3.40. The number of nitrogens with zero attached hydrogens (tertiary/aromatic N) is 2. The fraction of sp³-hybridized carbons (Fsp3) is 0.600. The molecule has 2 rings (SSSR count). The second-order valence-corrected chi connectivity index (χ2v) is 5.35. The summed E-state index contributed by atoms with van der Waals surface area (Å²) in [6, 6.07) is 8.84. The van der Waals surface area contributed by atoms with Crippen LogP contribution in [0.3, 0.4) is 0 Å². The Morgan fingerprint density at radius 2 is 1.78 bits per heavy atom. The molecule has 1 aromatic carbocycles. The van der Waals surface area contributed by atoms with Gasteiger partial charge in [0.2, 0.25) is 0 Å². The predicted octanol–water partition coefficient (Wildman–Crippen LogP) is 1.20. The van der Waals surface area contributed by atoms with Gasteiger partial charge < -0.3 is 15.1 Å². The molecule has 0 atom stereocenters. The minimum atomic E-state index is 1.04. The molecule has 0 saturated carbocycles. The quantitative estimate of drug-likeness (QED) is 0.843. The summed E-state index contributed by atoms with van der Waals surface area (Å²) in [5, 5.41) is 3.40. The van der Waals surface area contributed by atoms with E-state index in [0.717, 1.165) is 19.6 Å². The molecule has 100 valence electrons. The van der Waals surface area contributed by atoms with Gasteiger partial charge in [0.25, 0.3) is 0 Å². The lowest BCUT2D eigenvalue weighted by Crippen LogP contribution is -2.44. The predicted molar refractivity (Wildman–Crippen MR) is 76.8 cm³/mol. The Kier molecular flexibility index (Phi) is 5.17. The van der Waals surface area contributed by atoms with E-state index in [2.05, 4.69) is 53.5 Å². The van der Waals surface area contributed by atoms with Crippen molar-refractivity contribution in [2.75, 3.05) is 46.8 Å². The Labute approximate surface area is 111 Å². The van der Waals surface area contributed by atoms with Crippen molar-refractivity contribution >= 4 is 0 Å². The van der Waals surface area contributed by atoms with E-state index in [1.165, 1.54) is 37.2 Å².